The maximum absolute atomic E-state index is 12.0. The highest BCUT2D eigenvalue weighted by Crippen LogP contribution is 2.24. The third-order valence-corrected chi connectivity index (χ3v) is 4.84. The molecule has 1 aromatic heterocycles. The van der Waals surface area contributed by atoms with Crippen LogP contribution in [0.4, 0.5) is 4.79 Å². The van der Waals surface area contributed by atoms with Crippen LogP contribution >= 0.6 is 0 Å². The van der Waals surface area contributed by atoms with Gasteiger partial charge < -0.3 is 20.3 Å². The van der Waals surface area contributed by atoms with E-state index in [1.54, 1.807) is 0 Å². The summed E-state index contributed by atoms with van der Waals surface area (Å²) in [4.78, 5) is 12.0. The molecule has 0 spiro atoms. The van der Waals surface area contributed by atoms with E-state index in [-0.39, 0.29) is 18.7 Å². The SMILES string of the molecule is CCC(CC)c1cc(CNC(=O)NC2CCC(CO)CC2)on1. The van der Waals surface area contributed by atoms with E-state index in [0.29, 0.717) is 24.1 Å². The Balaban J connectivity index is 1.72. The highest BCUT2D eigenvalue weighted by molar-refractivity contribution is 5.74. The van der Waals surface area contributed by atoms with Crippen LogP contribution in [0.15, 0.2) is 10.6 Å². The molecule has 6 heteroatoms. The fraction of sp³-hybridized carbons (Fsp3) is 0.765. The van der Waals surface area contributed by atoms with E-state index in [9.17, 15) is 4.79 Å². The summed E-state index contributed by atoms with van der Waals surface area (Å²) in [6.45, 7) is 4.88. The molecule has 2 amide bonds. The number of carbonyl (C=O) groups is 1. The van der Waals surface area contributed by atoms with Gasteiger partial charge in [0.15, 0.2) is 5.76 Å². The lowest BCUT2D eigenvalue weighted by Gasteiger charge is -2.27. The molecule has 1 aliphatic rings. The van der Waals surface area contributed by atoms with E-state index in [0.717, 1.165) is 44.2 Å². The predicted molar refractivity (Wildman–Crippen MR) is 88.0 cm³/mol. The molecule has 23 heavy (non-hydrogen) atoms. The molecule has 1 heterocycles. The van der Waals surface area contributed by atoms with Crippen LogP contribution in [0.5, 0.6) is 0 Å². The van der Waals surface area contributed by atoms with Gasteiger partial charge in [0.05, 0.1) is 12.2 Å². The second kappa shape index (κ2) is 8.91. The van der Waals surface area contributed by atoms with Gasteiger partial charge >= 0.3 is 6.03 Å². The van der Waals surface area contributed by atoms with Crippen LogP contribution in [0, 0.1) is 5.92 Å². The average Bonchev–Trinajstić information content (AvgIpc) is 3.04. The molecule has 1 saturated carbocycles. The lowest BCUT2D eigenvalue weighted by Crippen LogP contribution is -2.43. The van der Waals surface area contributed by atoms with Crippen LogP contribution in [0.1, 0.15) is 69.7 Å². The standard InChI is InChI=1S/C17H29N3O3/c1-3-13(4-2)16-9-15(23-20-16)10-18-17(22)19-14-7-5-12(11-21)6-8-14/h9,12-14,21H,3-8,10-11H2,1-2H3,(H2,18,19,22). The topological polar surface area (TPSA) is 87.4 Å². The van der Waals surface area contributed by atoms with Crippen molar-refractivity contribution in [1.29, 1.82) is 0 Å². The summed E-state index contributed by atoms with van der Waals surface area (Å²) in [7, 11) is 0. The summed E-state index contributed by atoms with van der Waals surface area (Å²) < 4.78 is 5.30. The smallest absolute Gasteiger partial charge is 0.315 e. The van der Waals surface area contributed by atoms with Crippen molar-refractivity contribution in [1.82, 2.24) is 15.8 Å². The van der Waals surface area contributed by atoms with Gasteiger partial charge in [-0.05, 0) is 44.4 Å². The second-order valence-electron chi connectivity index (χ2n) is 6.46. The van der Waals surface area contributed by atoms with Crippen LogP contribution in [0.25, 0.3) is 0 Å². The molecule has 0 unspecified atom stereocenters. The number of aliphatic hydroxyl groups excluding tert-OH is 1. The van der Waals surface area contributed by atoms with Gasteiger partial charge in [0.1, 0.15) is 0 Å². The van der Waals surface area contributed by atoms with Crippen molar-refractivity contribution in [3.8, 4) is 0 Å². The number of hydrogen-bond acceptors (Lipinski definition) is 4. The fourth-order valence-corrected chi connectivity index (χ4v) is 3.20. The predicted octanol–water partition coefficient (Wildman–Crippen LogP) is 2.93. The van der Waals surface area contributed by atoms with Crippen LogP contribution < -0.4 is 10.6 Å². The second-order valence-corrected chi connectivity index (χ2v) is 6.46. The van der Waals surface area contributed by atoms with E-state index < -0.39 is 0 Å². The quantitative estimate of drug-likeness (QED) is 0.720. The van der Waals surface area contributed by atoms with Crippen LogP contribution in [-0.4, -0.2) is 28.9 Å². The van der Waals surface area contributed by atoms with Gasteiger partial charge in [-0.15, -0.1) is 0 Å². The van der Waals surface area contributed by atoms with Crippen LogP contribution in [0.2, 0.25) is 0 Å². The molecule has 0 aromatic carbocycles. The zero-order chi connectivity index (χ0) is 16.7. The highest BCUT2D eigenvalue weighted by atomic mass is 16.5. The molecule has 0 saturated heterocycles. The van der Waals surface area contributed by atoms with Gasteiger partial charge in [-0.25, -0.2) is 4.79 Å². The maximum Gasteiger partial charge on any atom is 0.315 e. The Morgan fingerprint density at radius 2 is 2.04 bits per heavy atom. The molecule has 1 fully saturated rings. The first-order valence-electron chi connectivity index (χ1n) is 8.76. The van der Waals surface area contributed by atoms with Crippen molar-refractivity contribution in [3.63, 3.8) is 0 Å². The molecule has 1 aliphatic carbocycles. The molecule has 1 aromatic rings. The first-order valence-corrected chi connectivity index (χ1v) is 8.76. The van der Waals surface area contributed by atoms with Crippen molar-refractivity contribution in [3.05, 3.63) is 17.5 Å². The van der Waals surface area contributed by atoms with Gasteiger partial charge in [-0.2, -0.15) is 0 Å². The number of nitrogens with one attached hydrogen (secondary N) is 2. The van der Waals surface area contributed by atoms with Gasteiger partial charge in [0, 0.05) is 24.6 Å². The number of aliphatic hydroxyl groups is 1. The summed E-state index contributed by atoms with van der Waals surface area (Å²) in [6, 6.07) is 1.97. The van der Waals surface area contributed by atoms with Crippen molar-refractivity contribution in [2.24, 2.45) is 5.92 Å². The van der Waals surface area contributed by atoms with Gasteiger partial charge in [-0.3, -0.25) is 0 Å². The molecule has 0 aliphatic heterocycles. The first kappa shape index (κ1) is 17.8. The number of hydrogen-bond donors (Lipinski definition) is 3. The Morgan fingerprint density at radius 3 is 2.65 bits per heavy atom. The normalized spacial score (nSPS) is 21.4. The molecule has 3 N–H and O–H groups in total. The minimum atomic E-state index is -0.169. The van der Waals surface area contributed by atoms with Crippen molar-refractivity contribution < 1.29 is 14.4 Å². The highest BCUT2D eigenvalue weighted by Gasteiger charge is 2.22. The van der Waals surface area contributed by atoms with Crippen molar-refractivity contribution >= 4 is 6.03 Å². The van der Waals surface area contributed by atoms with Crippen LogP contribution in [0.3, 0.4) is 0 Å². The third kappa shape index (κ3) is 5.23. The Hall–Kier alpha value is -1.56. The number of amides is 2. The summed E-state index contributed by atoms with van der Waals surface area (Å²) in [5.74, 6) is 1.50. The van der Waals surface area contributed by atoms with Crippen LogP contribution in [-0.2, 0) is 6.54 Å². The fourth-order valence-electron chi connectivity index (χ4n) is 3.20. The number of carbonyl (C=O) groups excluding carboxylic acids is 1. The molecular weight excluding hydrogens is 294 g/mol. The molecule has 2 rings (SSSR count). The van der Waals surface area contributed by atoms with E-state index in [2.05, 4.69) is 29.6 Å². The van der Waals surface area contributed by atoms with Gasteiger partial charge in [-0.1, -0.05) is 19.0 Å². The largest absolute Gasteiger partial charge is 0.396 e. The molecular formula is C17H29N3O3. The Labute approximate surface area is 138 Å². The Kier molecular flexibility index (Phi) is 6.89. The van der Waals surface area contributed by atoms with E-state index in [4.69, 9.17) is 9.63 Å². The Bertz CT molecular complexity index is 477. The molecule has 0 bridgehead atoms. The number of nitrogens with zero attached hydrogens (tertiary/aromatic N) is 1. The molecule has 130 valence electrons. The number of aromatic nitrogens is 1. The summed E-state index contributed by atoms with van der Waals surface area (Å²) >= 11 is 0. The monoisotopic (exact) mass is 323 g/mol. The number of rotatable bonds is 7. The average molecular weight is 323 g/mol. The zero-order valence-electron chi connectivity index (χ0n) is 14.2. The van der Waals surface area contributed by atoms with Crippen molar-refractivity contribution in [2.45, 2.75) is 70.9 Å². The van der Waals surface area contributed by atoms with E-state index in [1.165, 1.54) is 0 Å². The minimum Gasteiger partial charge on any atom is -0.396 e. The lowest BCUT2D eigenvalue weighted by atomic mass is 9.87. The molecule has 6 nitrogen and oxygen atoms in total. The molecule has 0 atom stereocenters. The zero-order valence-corrected chi connectivity index (χ0v) is 14.2. The maximum atomic E-state index is 12.0. The lowest BCUT2D eigenvalue weighted by molar-refractivity contribution is 0.174. The molecule has 0 radical (unpaired) electrons. The first-order chi connectivity index (χ1) is 11.2. The summed E-state index contributed by atoms with van der Waals surface area (Å²) in [5, 5.41) is 19.0. The number of urea groups is 1. The Morgan fingerprint density at radius 1 is 1.35 bits per heavy atom. The summed E-state index contributed by atoms with van der Waals surface area (Å²) in [5.41, 5.74) is 0.967. The van der Waals surface area contributed by atoms with Crippen molar-refractivity contribution in [2.75, 3.05) is 6.61 Å². The van der Waals surface area contributed by atoms with Gasteiger partial charge in [0.25, 0.3) is 0 Å². The van der Waals surface area contributed by atoms with E-state index in [1.807, 2.05) is 6.07 Å². The summed E-state index contributed by atoms with van der Waals surface area (Å²) in [6.07, 6.45) is 5.88. The third-order valence-electron chi connectivity index (χ3n) is 4.84. The minimum absolute atomic E-state index is 0.169. The van der Waals surface area contributed by atoms with Gasteiger partial charge in [0.2, 0.25) is 0 Å². The van der Waals surface area contributed by atoms with E-state index >= 15 is 0 Å².